The minimum atomic E-state index is -1.62. The smallest absolute Gasteiger partial charge is 0.355 e. The van der Waals surface area contributed by atoms with Gasteiger partial charge in [-0.15, -0.1) is 0 Å². The molecule has 0 aliphatic rings. The van der Waals surface area contributed by atoms with E-state index in [1.54, 1.807) is 13.0 Å². The molecule has 0 bridgehead atoms. The zero-order valence-corrected chi connectivity index (χ0v) is 20.9. The van der Waals surface area contributed by atoms with E-state index in [1.807, 2.05) is 6.07 Å². The van der Waals surface area contributed by atoms with Gasteiger partial charge in [0.1, 0.15) is 28.9 Å². The SMILES string of the molecule is COC(=O)c1[nH]c(C#N)c(-c2ccc([N+](=O)[O-])cc2C)c1-c1ccc(C(=O)NCC(C)(C)F)c(OC)c1. The molecule has 0 spiro atoms. The molecule has 0 saturated heterocycles. The number of aryl methyl sites for hydroxylation is 1. The minimum Gasteiger partial charge on any atom is -0.496 e. The Hall–Kier alpha value is -4.72. The highest BCUT2D eigenvalue weighted by atomic mass is 19.1. The summed E-state index contributed by atoms with van der Waals surface area (Å²) in [7, 11) is 2.55. The lowest BCUT2D eigenvalue weighted by molar-refractivity contribution is -0.384. The summed E-state index contributed by atoms with van der Waals surface area (Å²) in [6.45, 7) is 4.11. The van der Waals surface area contributed by atoms with Gasteiger partial charge in [-0.1, -0.05) is 6.07 Å². The van der Waals surface area contributed by atoms with Crippen molar-refractivity contribution in [3.63, 3.8) is 0 Å². The predicted molar refractivity (Wildman–Crippen MR) is 133 cm³/mol. The number of nitrogens with zero attached hydrogens (tertiary/aromatic N) is 2. The Morgan fingerprint density at radius 1 is 1.19 bits per heavy atom. The van der Waals surface area contributed by atoms with Crippen LogP contribution in [0.1, 0.15) is 46.0 Å². The molecule has 2 N–H and O–H groups in total. The van der Waals surface area contributed by atoms with Gasteiger partial charge < -0.3 is 19.8 Å². The molecule has 1 aromatic heterocycles. The molecule has 37 heavy (non-hydrogen) atoms. The summed E-state index contributed by atoms with van der Waals surface area (Å²) in [4.78, 5) is 38.8. The number of non-ortho nitro benzene ring substituents is 1. The number of H-pyrrole nitrogens is 1. The number of nitrogens with one attached hydrogen (secondary N) is 2. The van der Waals surface area contributed by atoms with Crippen molar-refractivity contribution in [2.24, 2.45) is 0 Å². The van der Waals surface area contributed by atoms with Crippen LogP contribution in [0.3, 0.4) is 0 Å². The van der Waals surface area contributed by atoms with E-state index >= 15 is 0 Å². The first-order valence-corrected chi connectivity index (χ1v) is 11.1. The summed E-state index contributed by atoms with van der Waals surface area (Å²) in [6, 6.07) is 10.7. The van der Waals surface area contributed by atoms with Crippen molar-refractivity contribution in [1.29, 1.82) is 5.26 Å². The topological polar surface area (TPSA) is 147 Å². The number of aromatic nitrogens is 1. The number of methoxy groups -OCH3 is 2. The maximum atomic E-state index is 13.9. The second-order valence-electron chi connectivity index (χ2n) is 8.80. The van der Waals surface area contributed by atoms with Gasteiger partial charge in [-0.05, 0) is 55.7 Å². The van der Waals surface area contributed by atoms with Gasteiger partial charge in [-0.25, -0.2) is 9.18 Å². The van der Waals surface area contributed by atoms with E-state index in [1.165, 1.54) is 58.4 Å². The van der Waals surface area contributed by atoms with Crippen molar-refractivity contribution in [1.82, 2.24) is 10.3 Å². The van der Waals surface area contributed by atoms with Crippen molar-refractivity contribution in [2.45, 2.75) is 26.4 Å². The standard InChI is InChI=1S/C26H25FN4O6/c1-14-10-16(31(34)35)7-9-17(14)22-19(12-28)30-23(25(33)37-5)21(22)15-6-8-18(20(11-15)36-4)24(32)29-13-26(2,3)27/h6-11,30H,13H2,1-5H3,(H,29,32). The summed E-state index contributed by atoms with van der Waals surface area (Å²) >= 11 is 0. The van der Waals surface area contributed by atoms with Gasteiger partial charge in [-0.2, -0.15) is 5.26 Å². The lowest BCUT2D eigenvalue weighted by Gasteiger charge is -2.17. The lowest BCUT2D eigenvalue weighted by atomic mass is 9.91. The molecule has 3 aromatic rings. The van der Waals surface area contributed by atoms with E-state index in [0.29, 0.717) is 22.3 Å². The van der Waals surface area contributed by atoms with Crippen LogP contribution in [0.4, 0.5) is 10.1 Å². The minimum absolute atomic E-state index is 0.0229. The number of carbonyl (C=O) groups excluding carboxylic acids is 2. The number of alkyl halides is 1. The highest BCUT2D eigenvalue weighted by molar-refractivity contribution is 6.04. The Morgan fingerprint density at radius 2 is 1.89 bits per heavy atom. The molecule has 0 aliphatic heterocycles. The van der Waals surface area contributed by atoms with E-state index in [4.69, 9.17) is 9.47 Å². The fraction of sp³-hybridized carbons (Fsp3) is 0.269. The molecular formula is C26H25FN4O6. The van der Waals surface area contributed by atoms with Crippen molar-refractivity contribution in [3.05, 3.63) is 69.0 Å². The highest BCUT2D eigenvalue weighted by Crippen LogP contribution is 2.41. The van der Waals surface area contributed by atoms with Gasteiger partial charge in [-0.3, -0.25) is 14.9 Å². The van der Waals surface area contributed by atoms with Gasteiger partial charge in [0.15, 0.2) is 0 Å². The largest absolute Gasteiger partial charge is 0.496 e. The molecule has 1 heterocycles. The molecule has 0 saturated carbocycles. The maximum Gasteiger partial charge on any atom is 0.355 e. The first-order valence-electron chi connectivity index (χ1n) is 11.1. The van der Waals surface area contributed by atoms with Crippen LogP contribution in [0.25, 0.3) is 22.3 Å². The average Bonchev–Trinajstić information content (AvgIpc) is 3.25. The molecule has 0 atom stereocenters. The number of benzene rings is 2. The predicted octanol–water partition coefficient (Wildman–Crippen LogP) is 4.71. The molecule has 2 aromatic carbocycles. The number of halogens is 1. The number of carbonyl (C=O) groups is 2. The number of rotatable bonds is 8. The quantitative estimate of drug-likeness (QED) is 0.254. The Bertz CT molecular complexity index is 1430. The number of amides is 1. The summed E-state index contributed by atoms with van der Waals surface area (Å²) in [6.07, 6.45) is 0. The second kappa shape index (κ2) is 10.5. The number of nitro groups is 1. The zero-order chi connectivity index (χ0) is 27.5. The Morgan fingerprint density at radius 3 is 2.43 bits per heavy atom. The Labute approximate surface area is 212 Å². The van der Waals surface area contributed by atoms with Gasteiger partial charge in [0.05, 0.1) is 31.3 Å². The van der Waals surface area contributed by atoms with Crippen LogP contribution in [0.5, 0.6) is 5.75 Å². The maximum absolute atomic E-state index is 13.9. The van der Waals surface area contributed by atoms with Gasteiger partial charge in [0.25, 0.3) is 11.6 Å². The lowest BCUT2D eigenvalue weighted by Crippen LogP contribution is -2.35. The molecule has 10 nitrogen and oxygen atoms in total. The number of hydrogen-bond donors (Lipinski definition) is 2. The highest BCUT2D eigenvalue weighted by Gasteiger charge is 2.28. The van der Waals surface area contributed by atoms with Crippen molar-refractivity contribution >= 4 is 17.6 Å². The van der Waals surface area contributed by atoms with Gasteiger partial charge in [0, 0.05) is 23.3 Å². The third kappa shape index (κ3) is 5.59. The number of hydrogen-bond acceptors (Lipinski definition) is 7. The first-order chi connectivity index (χ1) is 17.4. The fourth-order valence-corrected chi connectivity index (χ4v) is 3.86. The van der Waals surface area contributed by atoms with E-state index in [2.05, 4.69) is 10.3 Å². The number of esters is 1. The van der Waals surface area contributed by atoms with Gasteiger partial charge in [0.2, 0.25) is 0 Å². The number of aromatic amines is 1. The van der Waals surface area contributed by atoms with Gasteiger partial charge >= 0.3 is 5.97 Å². The van der Waals surface area contributed by atoms with Crippen LogP contribution in [-0.2, 0) is 4.74 Å². The third-order valence-corrected chi connectivity index (χ3v) is 5.60. The van der Waals surface area contributed by atoms with E-state index in [0.717, 1.165) is 0 Å². The second-order valence-corrected chi connectivity index (χ2v) is 8.80. The van der Waals surface area contributed by atoms with E-state index in [-0.39, 0.29) is 40.5 Å². The molecule has 0 radical (unpaired) electrons. The summed E-state index contributed by atoms with van der Waals surface area (Å²) < 4.78 is 24.2. The summed E-state index contributed by atoms with van der Waals surface area (Å²) in [5.74, 6) is -1.16. The van der Waals surface area contributed by atoms with Crippen LogP contribution in [-0.4, -0.2) is 48.2 Å². The first kappa shape index (κ1) is 26.9. The molecule has 11 heteroatoms. The zero-order valence-electron chi connectivity index (χ0n) is 20.9. The summed E-state index contributed by atoms with van der Waals surface area (Å²) in [5.41, 5.74) is 0.415. The van der Waals surface area contributed by atoms with Crippen LogP contribution in [0, 0.1) is 28.4 Å². The molecular weight excluding hydrogens is 483 g/mol. The monoisotopic (exact) mass is 508 g/mol. The molecule has 1 amide bonds. The van der Waals surface area contributed by atoms with Crippen molar-refractivity contribution < 1.29 is 28.4 Å². The van der Waals surface area contributed by atoms with Crippen LogP contribution in [0.2, 0.25) is 0 Å². The van der Waals surface area contributed by atoms with Crippen molar-refractivity contribution in [3.8, 4) is 34.1 Å². The molecule has 0 fully saturated rings. The normalized spacial score (nSPS) is 10.9. The third-order valence-electron chi connectivity index (χ3n) is 5.60. The molecule has 0 unspecified atom stereocenters. The van der Waals surface area contributed by atoms with Crippen LogP contribution in [0.15, 0.2) is 36.4 Å². The molecule has 0 aliphatic carbocycles. The van der Waals surface area contributed by atoms with Crippen molar-refractivity contribution in [2.75, 3.05) is 20.8 Å². The molecule has 192 valence electrons. The Kier molecular flexibility index (Phi) is 7.62. The number of nitriles is 1. The average molecular weight is 509 g/mol. The summed E-state index contributed by atoms with van der Waals surface area (Å²) in [5, 5.41) is 23.6. The van der Waals surface area contributed by atoms with E-state index < -0.39 is 22.5 Å². The Balaban J connectivity index is 2.25. The molecule has 3 rings (SSSR count). The van der Waals surface area contributed by atoms with Crippen LogP contribution >= 0.6 is 0 Å². The van der Waals surface area contributed by atoms with E-state index in [9.17, 15) is 29.4 Å². The fourth-order valence-electron chi connectivity index (χ4n) is 3.86. The number of ether oxygens (including phenoxy) is 2. The van der Waals surface area contributed by atoms with Crippen LogP contribution < -0.4 is 10.1 Å². The number of nitro benzene ring substituents is 1.